The first-order valence-electron chi connectivity index (χ1n) is 6.96. The van der Waals surface area contributed by atoms with Gasteiger partial charge in [0.15, 0.2) is 5.11 Å². The lowest BCUT2D eigenvalue weighted by molar-refractivity contribution is -0.0498. The number of hydrogen-bond donors (Lipinski definition) is 2. The molecule has 1 fully saturated rings. The van der Waals surface area contributed by atoms with Gasteiger partial charge in [-0.2, -0.15) is 8.78 Å². The maximum atomic E-state index is 12.1. The van der Waals surface area contributed by atoms with E-state index in [9.17, 15) is 8.78 Å². The lowest BCUT2D eigenvalue weighted by Crippen LogP contribution is -2.36. The lowest BCUT2D eigenvalue weighted by atomic mass is 9.92. The summed E-state index contributed by atoms with van der Waals surface area (Å²) in [6.45, 7) is 1.71. The van der Waals surface area contributed by atoms with E-state index >= 15 is 0 Å². The van der Waals surface area contributed by atoms with Crippen molar-refractivity contribution in [1.29, 1.82) is 0 Å². The summed E-state index contributed by atoms with van der Waals surface area (Å²) in [5.74, 6) is 0.131. The third-order valence-electron chi connectivity index (χ3n) is 3.64. The highest BCUT2D eigenvalue weighted by molar-refractivity contribution is 7.80. The number of anilines is 1. The van der Waals surface area contributed by atoms with Crippen LogP contribution < -0.4 is 15.4 Å². The number of nitrogens with one attached hydrogen (secondary N) is 2. The van der Waals surface area contributed by atoms with Gasteiger partial charge in [-0.3, -0.25) is 0 Å². The molecule has 3 nitrogen and oxygen atoms in total. The second-order valence-electron chi connectivity index (χ2n) is 6.11. The zero-order chi connectivity index (χ0) is 15.5. The fourth-order valence-electron chi connectivity index (χ4n) is 2.63. The Labute approximate surface area is 129 Å². The van der Waals surface area contributed by atoms with Gasteiger partial charge in [0.25, 0.3) is 0 Å². The van der Waals surface area contributed by atoms with Gasteiger partial charge in [0.05, 0.1) is 0 Å². The Morgan fingerprint density at radius 2 is 2.00 bits per heavy atom. The van der Waals surface area contributed by atoms with Crippen molar-refractivity contribution < 1.29 is 13.5 Å². The largest absolute Gasteiger partial charge is 0.435 e. The normalized spacial score (nSPS) is 20.3. The number of benzene rings is 1. The van der Waals surface area contributed by atoms with Gasteiger partial charge in [0.2, 0.25) is 0 Å². The van der Waals surface area contributed by atoms with Gasteiger partial charge < -0.3 is 15.4 Å². The summed E-state index contributed by atoms with van der Waals surface area (Å²) in [6, 6.07) is 6.67. The van der Waals surface area contributed by atoms with Crippen molar-refractivity contribution in [3.8, 4) is 5.75 Å². The average Bonchev–Trinajstić information content (AvgIpc) is 2.70. The first kappa shape index (κ1) is 15.9. The summed E-state index contributed by atoms with van der Waals surface area (Å²) < 4.78 is 28.4. The zero-order valence-electron chi connectivity index (χ0n) is 12.2. The molecule has 116 valence electrons. The second-order valence-corrected chi connectivity index (χ2v) is 6.51. The van der Waals surface area contributed by atoms with Crippen molar-refractivity contribution in [2.24, 2.45) is 5.41 Å². The van der Waals surface area contributed by atoms with E-state index in [4.69, 9.17) is 12.2 Å². The topological polar surface area (TPSA) is 33.3 Å². The van der Waals surface area contributed by atoms with Crippen LogP contribution in [0, 0.1) is 5.41 Å². The summed E-state index contributed by atoms with van der Waals surface area (Å²) >= 11 is 5.28. The molecule has 1 aromatic carbocycles. The fourth-order valence-corrected chi connectivity index (χ4v) is 2.92. The molecule has 0 heterocycles. The molecule has 6 heteroatoms. The van der Waals surface area contributed by atoms with Crippen LogP contribution in [0.15, 0.2) is 24.3 Å². The number of alkyl halides is 2. The molecule has 0 aromatic heterocycles. The van der Waals surface area contributed by atoms with Crippen molar-refractivity contribution in [2.75, 3.05) is 5.32 Å². The SMILES string of the molecule is CC1(C)CCC(NC(=S)Nc2ccc(OC(F)F)cc2)C1. The van der Waals surface area contributed by atoms with E-state index in [1.807, 2.05) is 0 Å². The van der Waals surface area contributed by atoms with Gasteiger partial charge in [-0.15, -0.1) is 0 Å². The van der Waals surface area contributed by atoms with E-state index in [1.165, 1.54) is 18.6 Å². The molecule has 0 aliphatic heterocycles. The van der Waals surface area contributed by atoms with Crippen LogP contribution in [-0.2, 0) is 0 Å². The smallest absolute Gasteiger partial charge is 0.387 e. The first-order chi connectivity index (χ1) is 9.84. The van der Waals surface area contributed by atoms with Crippen molar-refractivity contribution in [3.05, 3.63) is 24.3 Å². The van der Waals surface area contributed by atoms with Crippen LogP contribution in [0.25, 0.3) is 0 Å². The zero-order valence-corrected chi connectivity index (χ0v) is 13.0. The molecular formula is C15H20F2N2OS. The van der Waals surface area contributed by atoms with Gasteiger partial charge >= 0.3 is 6.61 Å². The molecule has 0 radical (unpaired) electrons. The molecular weight excluding hydrogens is 294 g/mol. The summed E-state index contributed by atoms with van der Waals surface area (Å²) in [5.41, 5.74) is 1.10. The minimum atomic E-state index is -2.81. The van der Waals surface area contributed by atoms with E-state index in [-0.39, 0.29) is 5.75 Å². The van der Waals surface area contributed by atoms with Crippen molar-refractivity contribution in [2.45, 2.75) is 45.8 Å². The Balaban J connectivity index is 1.82. The minimum Gasteiger partial charge on any atom is -0.435 e. The van der Waals surface area contributed by atoms with Crippen LogP contribution in [0.2, 0.25) is 0 Å². The summed E-state index contributed by atoms with van der Waals surface area (Å²) in [5, 5.41) is 6.91. The maximum absolute atomic E-state index is 12.1. The Morgan fingerprint density at radius 3 is 2.52 bits per heavy atom. The van der Waals surface area contributed by atoms with Crippen LogP contribution in [0.3, 0.4) is 0 Å². The molecule has 1 saturated carbocycles. The van der Waals surface area contributed by atoms with Crippen molar-refractivity contribution in [1.82, 2.24) is 5.32 Å². The van der Waals surface area contributed by atoms with Gasteiger partial charge in [0, 0.05) is 11.7 Å². The van der Waals surface area contributed by atoms with Gasteiger partial charge in [-0.25, -0.2) is 0 Å². The molecule has 1 aromatic rings. The van der Waals surface area contributed by atoms with Gasteiger partial charge in [-0.05, 0) is 61.2 Å². The summed E-state index contributed by atoms with van der Waals surface area (Å²) in [7, 11) is 0. The maximum Gasteiger partial charge on any atom is 0.387 e. The Morgan fingerprint density at radius 1 is 1.33 bits per heavy atom. The lowest BCUT2D eigenvalue weighted by Gasteiger charge is -2.19. The Hall–Kier alpha value is -1.43. The van der Waals surface area contributed by atoms with E-state index in [0.29, 0.717) is 16.6 Å². The van der Waals surface area contributed by atoms with E-state index < -0.39 is 6.61 Å². The highest BCUT2D eigenvalue weighted by Gasteiger charge is 2.31. The molecule has 2 rings (SSSR count). The molecule has 0 amide bonds. The van der Waals surface area contributed by atoms with Crippen LogP contribution >= 0.6 is 12.2 Å². The van der Waals surface area contributed by atoms with Crippen LogP contribution in [-0.4, -0.2) is 17.8 Å². The highest BCUT2D eigenvalue weighted by Crippen LogP contribution is 2.36. The molecule has 0 spiro atoms. The predicted octanol–water partition coefficient (Wildman–Crippen LogP) is 4.15. The van der Waals surface area contributed by atoms with Gasteiger partial charge in [-0.1, -0.05) is 13.8 Å². The molecule has 2 N–H and O–H groups in total. The van der Waals surface area contributed by atoms with Crippen LogP contribution in [0.1, 0.15) is 33.1 Å². The summed E-state index contributed by atoms with van der Waals surface area (Å²) in [6.07, 6.45) is 3.39. The third-order valence-corrected chi connectivity index (χ3v) is 3.86. The monoisotopic (exact) mass is 314 g/mol. The van der Waals surface area contributed by atoms with Crippen molar-refractivity contribution in [3.63, 3.8) is 0 Å². The van der Waals surface area contributed by atoms with E-state index in [1.54, 1.807) is 12.1 Å². The molecule has 1 aliphatic carbocycles. The van der Waals surface area contributed by atoms with Crippen LogP contribution in [0.4, 0.5) is 14.5 Å². The van der Waals surface area contributed by atoms with Gasteiger partial charge in [0.1, 0.15) is 5.75 Å². The third kappa shape index (κ3) is 5.12. The quantitative estimate of drug-likeness (QED) is 0.818. The molecule has 0 bridgehead atoms. The van der Waals surface area contributed by atoms with E-state index in [2.05, 4.69) is 29.2 Å². The summed E-state index contributed by atoms with van der Waals surface area (Å²) in [4.78, 5) is 0. The predicted molar refractivity (Wildman–Crippen MR) is 83.9 cm³/mol. The highest BCUT2D eigenvalue weighted by atomic mass is 32.1. The fraction of sp³-hybridized carbons (Fsp3) is 0.533. The number of halogens is 2. The number of rotatable bonds is 4. The first-order valence-corrected chi connectivity index (χ1v) is 7.37. The molecule has 0 saturated heterocycles. The standard InChI is InChI=1S/C15H20F2N2OS/c1-15(2)8-7-11(9-15)19-14(21)18-10-3-5-12(6-4-10)20-13(16)17/h3-6,11,13H,7-9H2,1-2H3,(H2,18,19,21). The molecule has 1 aliphatic rings. The molecule has 1 atom stereocenters. The number of thiocarbonyl (C=S) groups is 1. The van der Waals surface area contributed by atoms with E-state index in [0.717, 1.165) is 18.5 Å². The number of hydrogen-bond acceptors (Lipinski definition) is 2. The minimum absolute atomic E-state index is 0.131. The van der Waals surface area contributed by atoms with Crippen LogP contribution in [0.5, 0.6) is 5.75 Å². The Kier molecular flexibility index (Phi) is 4.98. The molecule has 1 unspecified atom stereocenters. The second kappa shape index (κ2) is 6.56. The van der Waals surface area contributed by atoms with Crippen molar-refractivity contribution >= 4 is 23.0 Å². The molecule has 21 heavy (non-hydrogen) atoms. The average molecular weight is 314 g/mol. The number of ether oxygens (including phenoxy) is 1. The Bertz CT molecular complexity index is 491.